The molecule has 0 aliphatic rings. The number of ether oxygens (including phenoxy) is 4. The van der Waals surface area contributed by atoms with Gasteiger partial charge in [-0.1, -0.05) is 253 Å². The van der Waals surface area contributed by atoms with Crippen LogP contribution in [0.25, 0.3) is 28.9 Å². The van der Waals surface area contributed by atoms with Crippen LogP contribution in [-0.4, -0.2) is 52.8 Å². The molecule has 0 saturated heterocycles. The minimum atomic E-state index is -1.77. The van der Waals surface area contributed by atoms with Crippen LogP contribution in [-0.2, 0) is 56.6 Å². The lowest BCUT2D eigenvalue weighted by Crippen LogP contribution is -2.34. The molecule has 4 aromatic carbocycles. The Hall–Kier alpha value is -3.87. The first-order valence-electron chi connectivity index (χ1n) is 32.5. The molecule has 0 amide bonds. The van der Waals surface area contributed by atoms with Crippen LogP contribution in [0.1, 0.15) is 186 Å². The summed E-state index contributed by atoms with van der Waals surface area (Å²) < 4.78 is 29.8. The Morgan fingerprint density at radius 2 is 0.581 bits per heavy atom. The molecule has 0 fully saturated rings. The van der Waals surface area contributed by atoms with E-state index in [9.17, 15) is 10.2 Å². The number of aliphatic hydroxyl groups is 2. The Bertz CT molecular complexity index is 2930. The molecular formula is C74H100O6S4Si2. The third-order valence-corrected chi connectivity index (χ3v) is 28.8. The van der Waals surface area contributed by atoms with Crippen molar-refractivity contribution in [1.29, 1.82) is 0 Å². The normalized spacial score (nSPS) is 12.6. The van der Waals surface area contributed by atoms with Gasteiger partial charge in [-0.2, -0.15) is 0 Å². The fraction of sp³-hybridized carbons (Fsp3) is 0.486. The van der Waals surface area contributed by atoms with Gasteiger partial charge in [0.2, 0.25) is 0 Å². The Labute approximate surface area is 535 Å². The first kappa shape index (κ1) is 68.1. The lowest BCUT2D eigenvalue weighted by molar-refractivity contribution is 0.115. The van der Waals surface area contributed by atoms with Gasteiger partial charge in [0, 0.05) is 47.3 Å². The first-order chi connectivity index (χ1) is 41.5. The Morgan fingerprint density at radius 1 is 0.326 bits per heavy atom. The molecule has 0 aliphatic carbocycles. The zero-order valence-corrected chi connectivity index (χ0v) is 58.9. The van der Waals surface area contributed by atoms with E-state index in [1.807, 2.05) is 22.7 Å². The van der Waals surface area contributed by atoms with E-state index < -0.39 is 27.3 Å². The van der Waals surface area contributed by atoms with Crippen molar-refractivity contribution in [3.8, 4) is 19.5 Å². The highest BCUT2D eigenvalue weighted by molar-refractivity contribution is 7.36. The van der Waals surface area contributed by atoms with Crippen molar-refractivity contribution < 1.29 is 29.2 Å². The molecular weight excluding hydrogens is 1170 g/mol. The fourth-order valence-electron chi connectivity index (χ4n) is 11.2. The van der Waals surface area contributed by atoms with E-state index in [1.165, 1.54) is 86.1 Å². The van der Waals surface area contributed by atoms with Gasteiger partial charge in [-0.15, -0.1) is 45.3 Å². The third kappa shape index (κ3) is 17.3. The second-order valence-electron chi connectivity index (χ2n) is 25.8. The standard InChI is InChI=1S/C74H100O6S4Si2/c1-11-15-19-23-47-77-51-55-27-35-59(36-28-55)73(75,60-37-29-56(30-38-60)52-78-48-24-20-16-12-2)67-69(63-43-45-65(81-63)85(5,6)7)83-72-68(70(84-71(67)72)64-44-46-66(82-64)86(8,9)10)74(76,61-39-31-57(32-40-61)53-79-49-25-21-17-13-3)62-41-33-58(34-42-62)54-80-50-26-22-18-14-4/h27-46,75-76H,11-26,47-54H2,1-10H3. The maximum atomic E-state index is 14.7. The van der Waals surface area contributed by atoms with Gasteiger partial charge in [-0.3, -0.25) is 0 Å². The maximum Gasteiger partial charge on any atom is 0.143 e. The molecule has 0 radical (unpaired) electrons. The molecule has 0 spiro atoms. The number of hydrogen-bond acceptors (Lipinski definition) is 10. The number of hydrogen-bond donors (Lipinski definition) is 2. The summed E-state index contributed by atoms with van der Waals surface area (Å²) >= 11 is 7.18. The van der Waals surface area contributed by atoms with Crippen LogP contribution in [0, 0.1) is 0 Å². The predicted molar refractivity (Wildman–Crippen MR) is 377 cm³/mol. The molecule has 4 aromatic heterocycles. The van der Waals surface area contributed by atoms with E-state index in [0.29, 0.717) is 26.4 Å². The highest BCUT2D eigenvalue weighted by atomic mass is 32.1. The van der Waals surface area contributed by atoms with Crippen molar-refractivity contribution in [1.82, 2.24) is 0 Å². The van der Waals surface area contributed by atoms with E-state index in [1.54, 1.807) is 22.7 Å². The lowest BCUT2D eigenvalue weighted by atomic mass is 9.78. The van der Waals surface area contributed by atoms with E-state index in [4.69, 9.17) is 18.9 Å². The minimum Gasteiger partial charge on any atom is -0.377 e. The van der Waals surface area contributed by atoms with Gasteiger partial charge in [0.15, 0.2) is 0 Å². The molecule has 0 aliphatic heterocycles. The molecule has 0 saturated carbocycles. The second kappa shape index (κ2) is 32.7. The van der Waals surface area contributed by atoms with E-state index in [0.717, 1.165) is 137 Å². The molecule has 464 valence electrons. The molecule has 2 N–H and O–H groups in total. The Morgan fingerprint density at radius 3 is 0.802 bits per heavy atom. The van der Waals surface area contributed by atoms with Crippen molar-refractivity contribution >= 4 is 79.9 Å². The zero-order chi connectivity index (χ0) is 61.2. The van der Waals surface area contributed by atoms with Gasteiger partial charge in [0.25, 0.3) is 0 Å². The van der Waals surface area contributed by atoms with Crippen LogP contribution < -0.4 is 9.00 Å². The topological polar surface area (TPSA) is 77.4 Å². The van der Waals surface area contributed by atoms with Gasteiger partial charge in [0.1, 0.15) is 11.2 Å². The average molecular weight is 1270 g/mol. The van der Waals surface area contributed by atoms with Crippen LogP contribution in [0.5, 0.6) is 0 Å². The number of unbranched alkanes of at least 4 members (excludes halogenated alkanes) is 12. The van der Waals surface area contributed by atoms with Crippen molar-refractivity contribution in [2.45, 2.75) is 207 Å². The van der Waals surface area contributed by atoms with E-state index in [-0.39, 0.29) is 0 Å². The van der Waals surface area contributed by atoms with Crippen LogP contribution >= 0.6 is 45.3 Å². The summed E-state index contributed by atoms with van der Waals surface area (Å²) in [4.78, 5) is 4.28. The average Bonchev–Trinajstić information content (AvgIpc) is 1.60. The molecule has 6 nitrogen and oxygen atoms in total. The molecule has 86 heavy (non-hydrogen) atoms. The second-order valence-corrected chi connectivity index (χ2v) is 40.8. The Kier molecular flexibility index (Phi) is 25.9. The summed E-state index contributed by atoms with van der Waals surface area (Å²) in [6.07, 6.45) is 18.5. The van der Waals surface area contributed by atoms with Gasteiger partial charge in [-0.05, 0) is 91.3 Å². The van der Waals surface area contributed by atoms with Gasteiger partial charge >= 0.3 is 0 Å². The smallest absolute Gasteiger partial charge is 0.143 e. The largest absolute Gasteiger partial charge is 0.377 e. The fourth-order valence-corrected chi connectivity index (χ4v) is 20.3. The lowest BCUT2D eigenvalue weighted by Gasteiger charge is -2.31. The van der Waals surface area contributed by atoms with Gasteiger partial charge in [-0.25, -0.2) is 0 Å². The number of thiophene rings is 4. The van der Waals surface area contributed by atoms with Crippen LogP contribution in [0.4, 0.5) is 0 Å². The highest BCUT2D eigenvalue weighted by Crippen LogP contribution is 2.59. The summed E-state index contributed by atoms with van der Waals surface area (Å²) in [5.74, 6) is 0. The van der Waals surface area contributed by atoms with Gasteiger partial charge < -0.3 is 29.2 Å². The summed E-state index contributed by atoms with van der Waals surface area (Å²) in [6.45, 7) is 28.4. The van der Waals surface area contributed by atoms with E-state index >= 15 is 0 Å². The zero-order valence-electron chi connectivity index (χ0n) is 53.7. The summed E-state index contributed by atoms with van der Waals surface area (Å²) in [7, 11) is -3.53. The summed E-state index contributed by atoms with van der Waals surface area (Å²) in [6, 6.07) is 43.3. The number of benzene rings is 4. The first-order valence-corrected chi connectivity index (χ1v) is 42.8. The molecule has 8 aromatic rings. The van der Waals surface area contributed by atoms with Crippen molar-refractivity contribution in [2.75, 3.05) is 26.4 Å². The van der Waals surface area contributed by atoms with Crippen LogP contribution in [0.15, 0.2) is 121 Å². The van der Waals surface area contributed by atoms with Crippen molar-refractivity contribution in [3.05, 3.63) is 177 Å². The Balaban J connectivity index is 1.37. The number of rotatable bonds is 38. The quantitative estimate of drug-likeness (QED) is 0.0297. The van der Waals surface area contributed by atoms with Crippen molar-refractivity contribution in [3.63, 3.8) is 0 Å². The summed E-state index contributed by atoms with van der Waals surface area (Å²) in [5.41, 5.74) is 5.83. The molecule has 0 bridgehead atoms. The third-order valence-electron chi connectivity index (χ3n) is 16.5. The SMILES string of the molecule is CCCCCCOCc1ccc(C(O)(c2ccc(COCCCCCC)cc2)c2c(-c3ccc([Si](C)(C)C)s3)sc3c(C(O)(c4ccc(COCCCCCC)cc4)c4ccc(COCCCCCC)cc4)c(-c4ccc([Si](C)(C)C)s4)sc23)cc1. The molecule has 0 unspecified atom stereocenters. The molecule has 0 atom stereocenters. The summed E-state index contributed by atoms with van der Waals surface area (Å²) in [5, 5.41) is 29.4. The van der Waals surface area contributed by atoms with E-state index in [2.05, 4.69) is 188 Å². The molecule has 12 heteroatoms. The van der Waals surface area contributed by atoms with Crippen molar-refractivity contribution in [2.24, 2.45) is 0 Å². The molecule has 4 heterocycles. The van der Waals surface area contributed by atoms with Gasteiger partial charge in [0.05, 0.1) is 61.7 Å². The van der Waals surface area contributed by atoms with Crippen LogP contribution in [0.3, 0.4) is 0 Å². The maximum absolute atomic E-state index is 14.7. The van der Waals surface area contributed by atoms with Crippen LogP contribution in [0.2, 0.25) is 39.3 Å². The number of fused-ring (bicyclic) bond motifs is 1. The molecule has 8 rings (SSSR count). The monoisotopic (exact) mass is 1270 g/mol. The highest BCUT2D eigenvalue weighted by Gasteiger charge is 2.46. The predicted octanol–water partition coefficient (Wildman–Crippen LogP) is 20.5. The minimum absolute atomic E-state index is 0.511.